The molecule has 5 nitrogen and oxygen atoms in total. The fourth-order valence-corrected chi connectivity index (χ4v) is 3.21. The third kappa shape index (κ3) is 7.33. The molecule has 0 saturated carbocycles. The fraction of sp³-hybridized carbons (Fsp3) is 0.391. The Hall–Kier alpha value is -2.05. The smallest absolute Gasteiger partial charge is 0.261 e. The van der Waals surface area contributed by atoms with Crippen LogP contribution in [0.1, 0.15) is 37.8 Å². The lowest BCUT2D eigenvalue weighted by molar-refractivity contribution is -0.142. The number of unbranched alkanes of at least 4 members (excludes halogenated alkanes) is 1. The minimum atomic E-state index is -0.625. The van der Waals surface area contributed by atoms with Gasteiger partial charge in [-0.2, -0.15) is 0 Å². The minimum absolute atomic E-state index is 0.152. The lowest BCUT2D eigenvalue weighted by Gasteiger charge is -2.28. The molecule has 0 heterocycles. The molecule has 0 bridgehead atoms. The topological polar surface area (TPSA) is 58.6 Å². The van der Waals surface area contributed by atoms with Crippen LogP contribution in [0, 0.1) is 6.92 Å². The van der Waals surface area contributed by atoms with E-state index in [1.165, 1.54) is 4.90 Å². The van der Waals surface area contributed by atoms with E-state index in [0.29, 0.717) is 23.9 Å². The van der Waals surface area contributed by atoms with Crippen molar-refractivity contribution in [1.82, 2.24) is 10.2 Å². The summed E-state index contributed by atoms with van der Waals surface area (Å²) in [6, 6.07) is 12.2. The highest BCUT2D eigenvalue weighted by atomic mass is 79.9. The molecule has 2 aromatic carbocycles. The zero-order valence-electron chi connectivity index (χ0n) is 17.6. The van der Waals surface area contributed by atoms with Crippen molar-refractivity contribution in [1.29, 1.82) is 0 Å². The molecule has 162 valence electrons. The number of halogens is 2. The van der Waals surface area contributed by atoms with Crippen LogP contribution >= 0.6 is 27.5 Å². The molecule has 7 heteroatoms. The van der Waals surface area contributed by atoms with Crippen LogP contribution in [-0.4, -0.2) is 35.9 Å². The van der Waals surface area contributed by atoms with Gasteiger partial charge in [-0.25, -0.2) is 0 Å². The monoisotopic (exact) mass is 494 g/mol. The highest BCUT2D eigenvalue weighted by Crippen LogP contribution is 2.22. The van der Waals surface area contributed by atoms with E-state index in [0.717, 1.165) is 28.4 Å². The van der Waals surface area contributed by atoms with Gasteiger partial charge in [0.25, 0.3) is 5.91 Å². The van der Waals surface area contributed by atoms with Crippen molar-refractivity contribution in [3.05, 3.63) is 63.1 Å². The molecule has 0 aliphatic heterocycles. The van der Waals surface area contributed by atoms with Crippen LogP contribution in [0.3, 0.4) is 0 Å². The van der Waals surface area contributed by atoms with Crippen LogP contribution in [0.4, 0.5) is 0 Å². The van der Waals surface area contributed by atoms with Crippen molar-refractivity contribution in [3.63, 3.8) is 0 Å². The summed E-state index contributed by atoms with van der Waals surface area (Å²) in [6.07, 6.45) is 1.89. The number of amides is 2. The number of rotatable bonds is 10. The van der Waals surface area contributed by atoms with Crippen molar-refractivity contribution in [3.8, 4) is 5.75 Å². The second-order valence-electron chi connectivity index (χ2n) is 7.17. The molecule has 0 aliphatic rings. The number of nitrogens with zero attached hydrogens (tertiary/aromatic N) is 1. The zero-order chi connectivity index (χ0) is 22.1. The third-order valence-electron chi connectivity index (χ3n) is 4.75. The largest absolute Gasteiger partial charge is 0.484 e. The van der Waals surface area contributed by atoms with Gasteiger partial charge in [-0.05, 0) is 61.7 Å². The van der Waals surface area contributed by atoms with E-state index in [1.807, 2.05) is 31.2 Å². The van der Waals surface area contributed by atoms with Crippen LogP contribution in [0.2, 0.25) is 5.02 Å². The van der Waals surface area contributed by atoms with E-state index >= 15 is 0 Å². The quantitative estimate of drug-likeness (QED) is 0.465. The summed E-state index contributed by atoms with van der Waals surface area (Å²) in [5.74, 6) is 0.171. The summed E-state index contributed by atoms with van der Waals surface area (Å²) in [7, 11) is 0. The first-order valence-electron chi connectivity index (χ1n) is 10.0. The fourth-order valence-electron chi connectivity index (χ4n) is 2.84. The molecule has 2 aromatic rings. The average molecular weight is 496 g/mol. The molecule has 1 N–H and O–H groups in total. The first kappa shape index (κ1) is 24.2. The van der Waals surface area contributed by atoms with Crippen LogP contribution in [0.5, 0.6) is 5.75 Å². The Morgan fingerprint density at radius 2 is 1.90 bits per heavy atom. The molecule has 0 aliphatic carbocycles. The van der Waals surface area contributed by atoms with Gasteiger partial charge in [-0.15, -0.1) is 0 Å². The SMILES string of the molecule is CCCCNC(=O)[C@@H](C)N(Cc1ccc(Cl)cc1)C(=O)COc1ccc(Br)c(C)c1. The number of benzene rings is 2. The van der Waals surface area contributed by atoms with Crippen molar-refractivity contribution in [2.45, 2.75) is 46.2 Å². The molecule has 0 unspecified atom stereocenters. The van der Waals surface area contributed by atoms with Crippen LogP contribution < -0.4 is 10.1 Å². The molecule has 2 rings (SSSR count). The number of carbonyl (C=O) groups is 2. The Morgan fingerprint density at radius 1 is 1.20 bits per heavy atom. The van der Waals surface area contributed by atoms with E-state index in [-0.39, 0.29) is 18.4 Å². The maximum Gasteiger partial charge on any atom is 0.261 e. The molecule has 2 amide bonds. The molecule has 0 fully saturated rings. The van der Waals surface area contributed by atoms with Gasteiger partial charge >= 0.3 is 0 Å². The molecule has 30 heavy (non-hydrogen) atoms. The lowest BCUT2D eigenvalue weighted by atomic mass is 10.1. The summed E-state index contributed by atoms with van der Waals surface area (Å²) in [6.45, 7) is 6.49. The van der Waals surface area contributed by atoms with E-state index in [2.05, 4.69) is 28.2 Å². The number of hydrogen-bond acceptors (Lipinski definition) is 3. The Morgan fingerprint density at radius 3 is 2.53 bits per heavy atom. The predicted octanol–water partition coefficient (Wildman–Crippen LogP) is 5.12. The van der Waals surface area contributed by atoms with Gasteiger partial charge in [-0.3, -0.25) is 9.59 Å². The Balaban J connectivity index is 2.11. The normalized spacial score (nSPS) is 11.6. The Kier molecular flexibility index (Phi) is 9.66. The first-order chi connectivity index (χ1) is 14.3. The molecular weight excluding hydrogens is 468 g/mol. The number of aryl methyl sites for hydroxylation is 1. The van der Waals surface area contributed by atoms with Crippen LogP contribution in [-0.2, 0) is 16.1 Å². The van der Waals surface area contributed by atoms with Gasteiger partial charge in [0.05, 0.1) is 0 Å². The zero-order valence-corrected chi connectivity index (χ0v) is 19.9. The van der Waals surface area contributed by atoms with Crippen molar-refractivity contribution >= 4 is 39.3 Å². The van der Waals surface area contributed by atoms with Crippen LogP contribution in [0.15, 0.2) is 46.9 Å². The highest BCUT2D eigenvalue weighted by molar-refractivity contribution is 9.10. The Labute approximate surface area is 191 Å². The highest BCUT2D eigenvalue weighted by Gasteiger charge is 2.26. The standard InChI is InChI=1S/C23H28BrClN2O3/c1-4-5-12-26-23(29)17(3)27(14-18-6-8-19(25)9-7-18)22(28)15-30-20-10-11-21(24)16(2)13-20/h6-11,13,17H,4-5,12,14-15H2,1-3H3,(H,26,29)/t17-/m1/s1. The van der Waals surface area contributed by atoms with Crippen LogP contribution in [0.25, 0.3) is 0 Å². The van der Waals surface area contributed by atoms with Gasteiger partial charge in [0.15, 0.2) is 6.61 Å². The van der Waals surface area contributed by atoms with Gasteiger partial charge in [0.1, 0.15) is 11.8 Å². The molecule has 0 spiro atoms. The Bertz CT molecular complexity index is 858. The number of ether oxygens (including phenoxy) is 1. The molecular formula is C23H28BrClN2O3. The first-order valence-corrected chi connectivity index (χ1v) is 11.2. The van der Waals surface area contributed by atoms with Crippen molar-refractivity contribution in [2.75, 3.05) is 13.2 Å². The summed E-state index contributed by atoms with van der Waals surface area (Å²) in [4.78, 5) is 27.1. The van der Waals surface area contributed by atoms with E-state index < -0.39 is 6.04 Å². The average Bonchev–Trinajstić information content (AvgIpc) is 2.73. The van der Waals surface area contributed by atoms with Gasteiger partial charge in [0.2, 0.25) is 5.91 Å². The number of nitrogens with one attached hydrogen (secondary N) is 1. The summed E-state index contributed by atoms with van der Waals surface area (Å²) in [5.41, 5.74) is 1.90. The van der Waals surface area contributed by atoms with E-state index in [4.69, 9.17) is 16.3 Å². The second-order valence-corrected chi connectivity index (χ2v) is 8.46. The van der Waals surface area contributed by atoms with Gasteiger partial charge in [-0.1, -0.05) is 53.0 Å². The molecule has 1 atom stereocenters. The summed E-state index contributed by atoms with van der Waals surface area (Å²) >= 11 is 9.42. The second kappa shape index (κ2) is 12.0. The number of hydrogen-bond donors (Lipinski definition) is 1. The van der Waals surface area contributed by atoms with Gasteiger partial charge in [0, 0.05) is 22.6 Å². The van der Waals surface area contributed by atoms with Gasteiger partial charge < -0.3 is 15.0 Å². The van der Waals surface area contributed by atoms with E-state index in [1.54, 1.807) is 25.1 Å². The minimum Gasteiger partial charge on any atom is -0.484 e. The number of carbonyl (C=O) groups excluding carboxylic acids is 2. The maximum absolute atomic E-state index is 13.0. The lowest BCUT2D eigenvalue weighted by Crippen LogP contribution is -2.49. The van der Waals surface area contributed by atoms with E-state index in [9.17, 15) is 9.59 Å². The third-order valence-corrected chi connectivity index (χ3v) is 5.90. The van der Waals surface area contributed by atoms with Crippen molar-refractivity contribution in [2.24, 2.45) is 0 Å². The summed E-state index contributed by atoms with van der Waals surface area (Å²) < 4.78 is 6.68. The molecule has 0 saturated heterocycles. The summed E-state index contributed by atoms with van der Waals surface area (Å²) in [5, 5.41) is 3.52. The maximum atomic E-state index is 13.0. The molecule has 0 radical (unpaired) electrons. The predicted molar refractivity (Wildman–Crippen MR) is 124 cm³/mol. The van der Waals surface area contributed by atoms with Crippen molar-refractivity contribution < 1.29 is 14.3 Å². The molecule has 0 aromatic heterocycles.